The maximum Gasteiger partial charge on any atom is 0.0831 e. The summed E-state index contributed by atoms with van der Waals surface area (Å²) >= 11 is 5.20. The van der Waals surface area contributed by atoms with Gasteiger partial charge in [0.05, 0.1) is 9.89 Å². The maximum atomic E-state index is 10.4. The van der Waals surface area contributed by atoms with Crippen molar-refractivity contribution >= 4 is 27.3 Å². The topological polar surface area (TPSA) is 20.2 Å². The second-order valence-electron chi connectivity index (χ2n) is 4.58. The monoisotopic (exact) mass is 288 g/mol. The summed E-state index contributed by atoms with van der Waals surface area (Å²) < 4.78 is 1.12. The fourth-order valence-corrected chi connectivity index (χ4v) is 4.38. The van der Waals surface area contributed by atoms with Crippen molar-refractivity contribution in [2.24, 2.45) is 11.8 Å². The van der Waals surface area contributed by atoms with Crippen LogP contribution in [0.1, 0.15) is 42.7 Å². The minimum absolute atomic E-state index is 0.259. The van der Waals surface area contributed by atoms with E-state index in [-0.39, 0.29) is 6.10 Å². The maximum absolute atomic E-state index is 10.4. The number of rotatable bonds is 2. The molecule has 0 spiro atoms. The molecule has 0 bridgehead atoms. The van der Waals surface area contributed by atoms with Crippen LogP contribution in [0.5, 0.6) is 0 Å². The Morgan fingerprint density at radius 2 is 2.27 bits per heavy atom. The van der Waals surface area contributed by atoms with Crippen molar-refractivity contribution in [1.82, 2.24) is 0 Å². The smallest absolute Gasteiger partial charge is 0.0831 e. The number of halogens is 1. The average Bonchev–Trinajstić information content (AvgIpc) is 2.71. The zero-order valence-corrected chi connectivity index (χ0v) is 11.6. The molecule has 1 heterocycles. The molecule has 1 N–H and O–H groups in total. The molecule has 2 rings (SSSR count). The van der Waals surface area contributed by atoms with Gasteiger partial charge in [0, 0.05) is 4.88 Å². The summed E-state index contributed by atoms with van der Waals surface area (Å²) in [6.45, 7) is 4.35. The van der Waals surface area contributed by atoms with Crippen LogP contribution >= 0.6 is 27.3 Å². The molecule has 0 aliphatic heterocycles. The second-order valence-corrected chi connectivity index (χ2v) is 7.21. The van der Waals surface area contributed by atoms with Gasteiger partial charge in [-0.3, -0.25) is 0 Å². The first-order chi connectivity index (χ1) is 7.09. The molecule has 1 saturated carbocycles. The molecule has 84 valence electrons. The van der Waals surface area contributed by atoms with E-state index < -0.39 is 0 Å². The van der Waals surface area contributed by atoms with Gasteiger partial charge >= 0.3 is 0 Å². The fraction of sp³-hybridized carbons (Fsp3) is 0.667. The highest BCUT2D eigenvalue weighted by molar-refractivity contribution is 9.11. The van der Waals surface area contributed by atoms with Gasteiger partial charge in [-0.05, 0) is 52.7 Å². The fourth-order valence-electron chi connectivity index (χ4n) is 2.63. The van der Waals surface area contributed by atoms with Gasteiger partial charge in [-0.1, -0.05) is 19.8 Å². The first kappa shape index (κ1) is 11.6. The molecule has 3 atom stereocenters. The van der Waals surface area contributed by atoms with Gasteiger partial charge in [0.1, 0.15) is 0 Å². The van der Waals surface area contributed by atoms with Crippen LogP contribution in [0, 0.1) is 18.8 Å². The van der Waals surface area contributed by atoms with E-state index >= 15 is 0 Å². The average molecular weight is 289 g/mol. The molecule has 1 aromatic heterocycles. The summed E-state index contributed by atoms with van der Waals surface area (Å²) in [5, 5.41) is 10.4. The minimum Gasteiger partial charge on any atom is -0.388 e. The molecule has 1 aromatic rings. The quantitative estimate of drug-likeness (QED) is 0.861. The van der Waals surface area contributed by atoms with E-state index in [1.165, 1.54) is 24.1 Å². The lowest BCUT2D eigenvalue weighted by Gasteiger charge is -2.22. The summed E-state index contributed by atoms with van der Waals surface area (Å²) in [7, 11) is 0. The minimum atomic E-state index is -0.259. The summed E-state index contributed by atoms with van der Waals surface area (Å²) in [5.74, 6) is 1.13. The van der Waals surface area contributed by atoms with Crippen molar-refractivity contribution in [3.05, 3.63) is 20.3 Å². The van der Waals surface area contributed by atoms with Gasteiger partial charge in [-0.2, -0.15) is 0 Å². The number of aryl methyl sites for hydroxylation is 1. The Morgan fingerprint density at radius 1 is 1.53 bits per heavy atom. The van der Waals surface area contributed by atoms with Crippen LogP contribution in [0.4, 0.5) is 0 Å². The van der Waals surface area contributed by atoms with E-state index in [0.29, 0.717) is 11.8 Å². The van der Waals surface area contributed by atoms with Crippen LogP contribution in [0.15, 0.2) is 9.85 Å². The first-order valence-corrected chi connectivity index (χ1v) is 7.14. The second kappa shape index (κ2) is 4.56. The highest BCUT2D eigenvalue weighted by atomic mass is 79.9. The van der Waals surface area contributed by atoms with Gasteiger partial charge in [0.2, 0.25) is 0 Å². The van der Waals surface area contributed by atoms with E-state index in [9.17, 15) is 5.11 Å². The third kappa shape index (κ3) is 2.29. The SMILES string of the molecule is Cc1sc(Br)cc1C(O)C1CCCC1C. The predicted octanol–water partition coefficient (Wildman–Crippen LogP) is 4.29. The number of hydrogen-bond acceptors (Lipinski definition) is 2. The van der Waals surface area contributed by atoms with Crippen LogP contribution in [-0.2, 0) is 0 Å². The molecular weight excluding hydrogens is 272 g/mol. The van der Waals surface area contributed by atoms with Crippen LogP contribution in [-0.4, -0.2) is 5.11 Å². The molecule has 0 radical (unpaired) electrons. The Morgan fingerprint density at radius 3 is 2.73 bits per heavy atom. The third-order valence-corrected chi connectivity index (χ3v) is 5.15. The lowest BCUT2D eigenvalue weighted by molar-refractivity contribution is 0.0899. The molecule has 1 fully saturated rings. The van der Waals surface area contributed by atoms with Crippen molar-refractivity contribution in [2.75, 3.05) is 0 Å². The normalized spacial score (nSPS) is 28.3. The van der Waals surface area contributed by atoms with Crippen molar-refractivity contribution < 1.29 is 5.11 Å². The molecule has 0 amide bonds. The number of hydrogen-bond donors (Lipinski definition) is 1. The van der Waals surface area contributed by atoms with Crippen molar-refractivity contribution in [1.29, 1.82) is 0 Å². The van der Waals surface area contributed by atoms with Gasteiger partial charge in [0.25, 0.3) is 0 Å². The highest BCUT2D eigenvalue weighted by Crippen LogP contribution is 2.42. The van der Waals surface area contributed by atoms with E-state index in [1.807, 2.05) is 0 Å². The Hall–Kier alpha value is 0.140. The molecular formula is C12H17BrOS. The van der Waals surface area contributed by atoms with E-state index in [0.717, 1.165) is 9.35 Å². The third-order valence-electron chi connectivity index (χ3n) is 3.58. The zero-order valence-electron chi connectivity index (χ0n) is 9.16. The van der Waals surface area contributed by atoms with Crippen LogP contribution < -0.4 is 0 Å². The summed E-state index contributed by atoms with van der Waals surface area (Å²) in [4.78, 5) is 1.24. The zero-order chi connectivity index (χ0) is 11.0. The Bertz CT molecular complexity index is 347. The van der Waals surface area contributed by atoms with E-state index in [4.69, 9.17) is 0 Å². The van der Waals surface area contributed by atoms with Gasteiger partial charge in [0.15, 0.2) is 0 Å². The van der Waals surface area contributed by atoms with Gasteiger partial charge in [-0.25, -0.2) is 0 Å². The molecule has 1 aliphatic rings. The van der Waals surface area contributed by atoms with Crippen LogP contribution in [0.3, 0.4) is 0 Å². The largest absolute Gasteiger partial charge is 0.388 e. The Labute approximate surface area is 104 Å². The molecule has 3 unspecified atom stereocenters. The number of thiophene rings is 1. The number of aliphatic hydroxyl groups is 1. The Balaban J connectivity index is 2.19. The predicted molar refractivity (Wildman–Crippen MR) is 68.2 cm³/mol. The lowest BCUT2D eigenvalue weighted by Crippen LogP contribution is -2.15. The van der Waals surface area contributed by atoms with Gasteiger partial charge in [-0.15, -0.1) is 11.3 Å². The summed E-state index contributed by atoms with van der Waals surface area (Å²) in [6, 6.07) is 2.08. The van der Waals surface area contributed by atoms with Crippen molar-refractivity contribution in [2.45, 2.75) is 39.2 Å². The molecule has 3 heteroatoms. The molecule has 0 aromatic carbocycles. The first-order valence-electron chi connectivity index (χ1n) is 5.53. The standard InChI is InChI=1S/C12H17BrOS/c1-7-4-3-5-9(7)12(14)10-6-11(13)15-8(10)2/h6-7,9,12,14H,3-5H2,1-2H3. The highest BCUT2D eigenvalue weighted by Gasteiger charge is 2.31. The Kier molecular flexibility index (Phi) is 3.53. The van der Waals surface area contributed by atoms with E-state index in [1.54, 1.807) is 11.3 Å². The van der Waals surface area contributed by atoms with Crippen LogP contribution in [0.25, 0.3) is 0 Å². The van der Waals surface area contributed by atoms with Gasteiger partial charge < -0.3 is 5.11 Å². The molecule has 1 nitrogen and oxygen atoms in total. The summed E-state index contributed by atoms with van der Waals surface area (Å²) in [5.41, 5.74) is 1.13. The van der Waals surface area contributed by atoms with E-state index in [2.05, 4.69) is 35.8 Å². The molecule has 15 heavy (non-hydrogen) atoms. The molecule has 0 saturated heterocycles. The van der Waals surface area contributed by atoms with Crippen molar-refractivity contribution in [3.63, 3.8) is 0 Å². The molecule has 1 aliphatic carbocycles. The van der Waals surface area contributed by atoms with Crippen molar-refractivity contribution in [3.8, 4) is 0 Å². The number of aliphatic hydroxyl groups excluding tert-OH is 1. The lowest BCUT2D eigenvalue weighted by atomic mass is 9.88. The van der Waals surface area contributed by atoms with Crippen LogP contribution in [0.2, 0.25) is 0 Å². The summed E-state index contributed by atoms with van der Waals surface area (Å²) in [6.07, 6.45) is 3.46.